The second-order valence-electron chi connectivity index (χ2n) is 10.00. The van der Waals surface area contributed by atoms with E-state index in [1.165, 1.54) is 12.1 Å². The van der Waals surface area contributed by atoms with Crippen LogP contribution in [0.25, 0.3) is 0 Å². The molecule has 1 atom stereocenters. The minimum Gasteiger partial charge on any atom is -0.372 e. The number of halogens is 3. The minimum atomic E-state index is -4.43. The first-order valence-electron chi connectivity index (χ1n) is 11.9. The highest BCUT2D eigenvalue weighted by molar-refractivity contribution is 5.52. The molecule has 1 unspecified atom stereocenters. The molecule has 0 N–H and O–H groups in total. The quantitative estimate of drug-likeness (QED) is 0.393. The molecule has 1 saturated heterocycles. The highest BCUT2D eigenvalue weighted by atomic mass is 19.4. The Morgan fingerprint density at radius 2 is 1.49 bits per heavy atom. The predicted molar refractivity (Wildman–Crippen MR) is 127 cm³/mol. The lowest BCUT2D eigenvalue weighted by Crippen LogP contribution is -2.48. The summed E-state index contributed by atoms with van der Waals surface area (Å²) >= 11 is 0. The molecule has 1 spiro atoms. The van der Waals surface area contributed by atoms with Crippen LogP contribution in [0, 0.1) is 0 Å². The van der Waals surface area contributed by atoms with Crippen LogP contribution in [0.3, 0.4) is 0 Å². The van der Waals surface area contributed by atoms with Gasteiger partial charge >= 0.3 is 6.18 Å². The molecule has 3 nitrogen and oxygen atoms in total. The van der Waals surface area contributed by atoms with E-state index in [0.29, 0.717) is 38.4 Å². The normalized spacial score (nSPS) is 20.7. The summed E-state index contributed by atoms with van der Waals surface area (Å²) < 4.78 is 59.8. The lowest BCUT2D eigenvalue weighted by Gasteiger charge is -2.42. The van der Waals surface area contributed by atoms with E-state index >= 15 is 0 Å². The van der Waals surface area contributed by atoms with Crippen LogP contribution in [0.1, 0.15) is 59.6 Å². The summed E-state index contributed by atoms with van der Waals surface area (Å²) in [7, 11) is 0. The molecular weight excluding hydrogens is 453 g/mol. The molecule has 6 heteroatoms. The molecule has 0 bridgehead atoms. The van der Waals surface area contributed by atoms with Crippen LogP contribution in [0.15, 0.2) is 72.8 Å². The molecular formula is C29H29F3O3. The van der Waals surface area contributed by atoms with Gasteiger partial charge in [0.2, 0.25) is 0 Å². The van der Waals surface area contributed by atoms with Crippen molar-refractivity contribution in [3.63, 3.8) is 0 Å². The summed E-state index contributed by atoms with van der Waals surface area (Å²) in [6.45, 7) is 5.38. The van der Waals surface area contributed by atoms with Crippen molar-refractivity contribution in [2.24, 2.45) is 0 Å². The Kier molecular flexibility index (Phi) is 6.24. The first kappa shape index (κ1) is 24.0. The van der Waals surface area contributed by atoms with Crippen molar-refractivity contribution >= 4 is 0 Å². The third kappa shape index (κ3) is 4.88. The van der Waals surface area contributed by atoms with Crippen molar-refractivity contribution in [3.05, 3.63) is 106 Å². The van der Waals surface area contributed by atoms with Crippen LogP contribution in [0.5, 0.6) is 0 Å². The van der Waals surface area contributed by atoms with Crippen LogP contribution in [0.2, 0.25) is 0 Å². The Morgan fingerprint density at radius 3 is 2.20 bits per heavy atom. The van der Waals surface area contributed by atoms with Crippen LogP contribution in [0.4, 0.5) is 13.2 Å². The van der Waals surface area contributed by atoms with Gasteiger partial charge < -0.3 is 14.2 Å². The van der Waals surface area contributed by atoms with Crippen molar-refractivity contribution in [1.29, 1.82) is 0 Å². The number of rotatable bonds is 5. The number of alkyl halides is 3. The molecule has 2 aliphatic rings. The standard InChI is InChI=1S/C29H29F3O3/c1-27(2)34-18-28(19-35-27)15-24(22-10-6-7-11-26(22)29(30,31)32)23-14-21(12-13-25(23)28)17-33-16-20-8-4-3-5-9-20/h3-14,24H,15-19H2,1-2H3. The van der Waals surface area contributed by atoms with E-state index in [1.54, 1.807) is 12.1 Å². The average molecular weight is 483 g/mol. The number of hydrogen-bond acceptors (Lipinski definition) is 3. The van der Waals surface area contributed by atoms with Gasteiger partial charge in [-0.05, 0) is 54.2 Å². The molecule has 1 fully saturated rings. The van der Waals surface area contributed by atoms with Gasteiger partial charge in [0.25, 0.3) is 0 Å². The molecule has 1 heterocycles. The van der Waals surface area contributed by atoms with E-state index in [-0.39, 0.29) is 0 Å². The van der Waals surface area contributed by atoms with Crippen LogP contribution < -0.4 is 0 Å². The summed E-state index contributed by atoms with van der Waals surface area (Å²) in [5.74, 6) is -1.12. The number of fused-ring (bicyclic) bond motifs is 2. The number of ether oxygens (including phenoxy) is 3. The topological polar surface area (TPSA) is 27.7 Å². The maximum absolute atomic E-state index is 14.0. The fourth-order valence-electron chi connectivity index (χ4n) is 5.26. The third-order valence-electron chi connectivity index (χ3n) is 7.07. The van der Waals surface area contributed by atoms with Gasteiger partial charge in [-0.3, -0.25) is 0 Å². The molecule has 0 saturated carbocycles. The van der Waals surface area contributed by atoms with Gasteiger partial charge in [0, 0.05) is 11.3 Å². The second-order valence-corrected chi connectivity index (χ2v) is 10.00. The maximum atomic E-state index is 14.0. The van der Waals surface area contributed by atoms with Gasteiger partial charge in [-0.1, -0.05) is 66.7 Å². The van der Waals surface area contributed by atoms with E-state index in [2.05, 4.69) is 0 Å². The van der Waals surface area contributed by atoms with E-state index in [1.807, 2.05) is 62.4 Å². The van der Waals surface area contributed by atoms with Crippen molar-refractivity contribution in [2.75, 3.05) is 13.2 Å². The number of hydrogen-bond donors (Lipinski definition) is 0. The van der Waals surface area contributed by atoms with E-state index in [4.69, 9.17) is 14.2 Å². The van der Waals surface area contributed by atoms with Crippen molar-refractivity contribution < 1.29 is 27.4 Å². The Morgan fingerprint density at radius 1 is 0.829 bits per heavy atom. The van der Waals surface area contributed by atoms with Crippen molar-refractivity contribution in [2.45, 2.75) is 56.8 Å². The van der Waals surface area contributed by atoms with Crippen LogP contribution in [-0.4, -0.2) is 19.0 Å². The van der Waals surface area contributed by atoms with E-state index < -0.39 is 28.9 Å². The lowest BCUT2D eigenvalue weighted by atomic mass is 9.81. The van der Waals surface area contributed by atoms with Gasteiger partial charge in [0.05, 0.1) is 32.0 Å². The minimum absolute atomic E-state index is 0.297. The summed E-state index contributed by atoms with van der Waals surface area (Å²) in [6.07, 6.45) is -3.93. The fraction of sp³-hybridized carbons (Fsp3) is 0.379. The molecule has 184 valence electrons. The second kappa shape index (κ2) is 9.08. The van der Waals surface area contributed by atoms with Crippen molar-refractivity contribution in [1.82, 2.24) is 0 Å². The summed E-state index contributed by atoms with van der Waals surface area (Å²) in [5.41, 5.74) is 3.13. The zero-order valence-electron chi connectivity index (χ0n) is 19.9. The third-order valence-corrected chi connectivity index (χ3v) is 7.07. The van der Waals surface area contributed by atoms with Gasteiger partial charge in [-0.25, -0.2) is 0 Å². The van der Waals surface area contributed by atoms with Crippen LogP contribution in [-0.2, 0) is 39.0 Å². The van der Waals surface area contributed by atoms with Crippen molar-refractivity contribution in [3.8, 4) is 0 Å². The molecule has 1 aliphatic carbocycles. The molecule has 1 aliphatic heterocycles. The SMILES string of the molecule is CC1(C)OCC2(CO1)CC(c1ccccc1C(F)(F)F)c1cc(COCc3ccccc3)ccc12. The molecule has 3 aromatic carbocycles. The van der Waals surface area contributed by atoms with Gasteiger partial charge in [0.1, 0.15) is 0 Å². The average Bonchev–Trinajstić information content (AvgIpc) is 3.15. The Hall–Kier alpha value is -2.67. The highest BCUT2D eigenvalue weighted by Gasteiger charge is 2.50. The molecule has 5 rings (SSSR count). The monoisotopic (exact) mass is 482 g/mol. The van der Waals surface area contributed by atoms with Gasteiger partial charge in [-0.2, -0.15) is 13.2 Å². The summed E-state index contributed by atoms with van der Waals surface area (Å²) in [5, 5.41) is 0. The lowest BCUT2D eigenvalue weighted by molar-refractivity contribution is -0.269. The van der Waals surface area contributed by atoms with E-state index in [9.17, 15) is 13.2 Å². The first-order valence-corrected chi connectivity index (χ1v) is 11.9. The van der Waals surface area contributed by atoms with Crippen LogP contribution >= 0.6 is 0 Å². The largest absolute Gasteiger partial charge is 0.416 e. The molecule has 3 aromatic rings. The summed E-state index contributed by atoms with van der Waals surface area (Å²) in [4.78, 5) is 0. The van der Waals surface area contributed by atoms with E-state index in [0.717, 1.165) is 22.3 Å². The molecule has 0 aromatic heterocycles. The Bertz CT molecular complexity index is 1180. The Balaban J connectivity index is 1.49. The molecule has 0 amide bonds. The van der Waals surface area contributed by atoms with Gasteiger partial charge in [0.15, 0.2) is 5.79 Å². The highest BCUT2D eigenvalue weighted by Crippen LogP contribution is 2.53. The molecule has 35 heavy (non-hydrogen) atoms. The zero-order chi connectivity index (χ0) is 24.7. The predicted octanol–water partition coefficient (Wildman–Crippen LogP) is 6.98. The maximum Gasteiger partial charge on any atom is 0.416 e. The zero-order valence-corrected chi connectivity index (χ0v) is 19.9. The Labute approximate surface area is 203 Å². The number of benzene rings is 3. The fourth-order valence-corrected chi connectivity index (χ4v) is 5.26. The first-order chi connectivity index (χ1) is 16.7. The van der Waals surface area contributed by atoms with Gasteiger partial charge in [-0.15, -0.1) is 0 Å². The summed E-state index contributed by atoms with van der Waals surface area (Å²) in [6, 6.07) is 21.8. The molecule has 0 radical (unpaired) electrons. The smallest absolute Gasteiger partial charge is 0.372 e.